The Balaban J connectivity index is 1.44. The van der Waals surface area contributed by atoms with Crippen molar-refractivity contribution in [1.29, 1.82) is 0 Å². The number of halogens is 1. The molecule has 0 spiro atoms. The number of aryl methyl sites for hydroxylation is 1. The van der Waals surface area contributed by atoms with Crippen LogP contribution in [0.3, 0.4) is 0 Å². The van der Waals surface area contributed by atoms with Crippen LogP contribution in [0.2, 0.25) is 0 Å². The fourth-order valence-corrected chi connectivity index (χ4v) is 3.14. The molecule has 1 atom stereocenters. The molecule has 4 aromatic rings. The minimum absolute atomic E-state index is 0.0200. The van der Waals surface area contributed by atoms with Crippen LogP contribution in [-0.2, 0) is 4.74 Å². The molecule has 3 aromatic carbocycles. The van der Waals surface area contributed by atoms with Gasteiger partial charge in [0.2, 0.25) is 5.82 Å². The number of nitrogens with one attached hydrogen (secondary N) is 1. The Bertz CT molecular complexity index is 1300. The van der Waals surface area contributed by atoms with Gasteiger partial charge in [0.1, 0.15) is 11.9 Å². The van der Waals surface area contributed by atoms with Crippen molar-refractivity contribution in [2.75, 3.05) is 0 Å². The van der Waals surface area contributed by atoms with Gasteiger partial charge in [0.25, 0.3) is 11.8 Å². The van der Waals surface area contributed by atoms with Gasteiger partial charge in [-0.25, -0.2) is 9.18 Å². The van der Waals surface area contributed by atoms with E-state index in [2.05, 4.69) is 15.5 Å². The first kappa shape index (κ1) is 21.9. The highest BCUT2D eigenvalue weighted by atomic mass is 19.1. The number of benzene rings is 3. The highest BCUT2D eigenvalue weighted by Crippen LogP contribution is 2.25. The van der Waals surface area contributed by atoms with E-state index < -0.39 is 23.9 Å². The molecule has 0 radical (unpaired) electrons. The second-order valence-electron chi connectivity index (χ2n) is 7.40. The summed E-state index contributed by atoms with van der Waals surface area (Å²) in [6, 6.07) is 19.9. The van der Waals surface area contributed by atoms with Crippen LogP contribution < -0.4 is 5.32 Å². The molecule has 8 heteroatoms. The number of hydrogen-bond acceptors (Lipinski definition) is 6. The zero-order valence-electron chi connectivity index (χ0n) is 17.9. The van der Waals surface area contributed by atoms with E-state index in [0.717, 1.165) is 11.1 Å². The van der Waals surface area contributed by atoms with Crippen LogP contribution in [0.5, 0.6) is 0 Å². The van der Waals surface area contributed by atoms with Crippen LogP contribution in [0, 0.1) is 12.7 Å². The third kappa shape index (κ3) is 5.12. The minimum Gasteiger partial charge on any atom is -0.441 e. The Labute approximate surface area is 189 Å². The average Bonchev–Trinajstić information content (AvgIpc) is 3.30. The first-order valence-electron chi connectivity index (χ1n) is 10.2. The lowest BCUT2D eigenvalue weighted by Gasteiger charge is -2.14. The Morgan fingerprint density at radius 3 is 2.55 bits per heavy atom. The van der Waals surface area contributed by atoms with Crippen LogP contribution in [0.25, 0.3) is 22.8 Å². The number of nitrogens with zero attached hydrogens (tertiary/aromatic N) is 2. The summed E-state index contributed by atoms with van der Waals surface area (Å²) in [4.78, 5) is 29.0. The fourth-order valence-electron chi connectivity index (χ4n) is 3.14. The van der Waals surface area contributed by atoms with Crippen molar-refractivity contribution < 1.29 is 23.2 Å². The number of hydrogen-bond donors (Lipinski definition) is 1. The SMILES string of the molecule is Cc1ccc(C(C)OC(=O)NC(=O)c2cccc(-c3noc(-c4ccccc4F)n3)c2)cc1. The molecule has 1 unspecified atom stereocenters. The van der Waals surface area contributed by atoms with Crippen molar-refractivity contribution in [2.45, 2.75) is 20.0 Å². The fraction of sp³-hybridized carbons (Fsp3) is 0.120. The van der Waals surface area contributed by atoms with Crippen LogP contribution in [-0.4, -0.2) is 22.1 Å². The number of rotatable bonds is 5. The first-order valence-corrected chi connectivity index (χ1v) is 10.2. The van der Waals surface area contributed by atoms with Crippen molar-refractivity contribution in [2.24, 2.45) is 0 Å². The summed E-state index contributed by atoms with van der Waals surface area (Å²) < 4.78 is 24.4. The summed E-state index contributed by atoms with van der Waals surface area (Å²) in [5.41, 5.74) is 2.75. The summed E-state index contributed by atoms with van der Waals surface area (Å²) >= 11 is 0. The quantitative estimate of drug-likeness (QED) is 0.437. The maximum Gasteiger partial charge on any atom is 0.414 e. The van der Waals surface area contributed by atoms with Gasteiger partial charge in [0.05, 0.1) is 5.56 Å². The minimum atomic E-state index is -0.861. The molecular formula is C25H20FN3O4. The number of carbonyl (C=O) groups excluding carboxylic acids is 2. The summed E-state index contributed by atoms with van der Waals surface area (Å²) in [5.74, 6) is -0.930. The lowest BCUT2D eigenvalue weighted by molar-refractivity contribution is 0.0852. The smallest absolute Gasteiger partial charge is 0.414 e. The van der Waals surface area contributed by atoms with Gasteiger partial charge in [-0.2, -0.15) is 4.98 Å². The predicted octanol–water partition coefficient (Wildman–Crippen LogP) is 5.48. The number of imide groups is 1. The molecule has 0 bridgehead atoms. The topological polar surface area (TPSA) is 94.3 Å². The maximum atomic E-state index is 14.0. The highest BCUT2D eigenvalue weighted by molar-refractivity contribution is 6.03. The molecule has 0 aliphatic rings. The second-order valence-corrected chi connectivity index (χ2v) is 7.40. The molecule has 1 heterocycles. The monoisotopic (exact) mass is 445 g/mol. The van der Waals surface area contributed by atoms with Gasteiger partial charge in [0.15, 0.2) is 0 Å². The zero-order valence-corrected chi connectivity index (χ0v) is 17.9. The Morgan fingerprint density at radius 2 is 1.79 bits per heavy atom. The highest BCUT2D eigenvalue weighted by Gasteiger charge is 2.18. The van der Waals surface area contributed by atoms with Crippen LogP contribution in [0.15, 0.2) is 77.3 Å². The van der Waals surface area contributed by atoms with E-state index >= 15 is 0 Å². The molecule has 1 N–H and O–H groups in total. The van der Waals surface area contributed by atoms with Gasteiger partial charge >= 0.3 is 6.09 Å². The predicted molar refractivity (Wildman–Crippen MR) is 119 cm³/mol. The normalized spacial score (nSPS) is 11.6. The van der Waals surface area contributed by atoms with Crippen molar-refractivity contribution >= 4 is 12.0 Å². The van der Waals surface area contributed by atoms with Crippen LogP contribution >= 0.6 is 0 Å². The maximum absolute atomic E-state index is 14.0. The van der Waals surface area contributed by atoms with Crippen molar-refractivity contribution in [1.82, 2.24) is 15.5 Å². The van der Waals surface area contributed by atoms with Gasteiger partial charge in [-0.15, -0.1) is 0 Å². The van der Waals surface area contributed by atoms with Crippen molar-refractivity contribution in [3.05, 3.63) is 95.3 Å². The molecule has 7 nitrogen and oxygen atoms in total. The third-order valence-electron chi connectivity index (χ3n) is 4.96. The van der Waals surface area contributed by atoms with E-state index in [1.807, 2.05) is 31.2 Å². The van der Waals surface area contributed by atoms with Gasteiger partial charge in [-0.3, -0.25) is 10.1 Å². The lowest BCUT2D eigenvalue weighted by atomic mass is 10.1. The molecule has 0 saturated heterocycles. The van der Waals surface area contributed by atoms with E-state index in [1.165, 1.54) is 24.3 Å². The number of aromatic nitrogens is 2. The second kappa shape index (κ2) is 9.44. The molecule has 0 aliphatic heterocycles. The van der Waals surface area contributed by atoms with E-state index in [9.17, 15) is 14.0 Å². The van der Waals surface area contributed by atoms with Gasteiger partial charge in [-0.1, -0.05) is 59.3 Å². The average molecular weight is 445 g/mol. The van der Waals surface area contributed by atoms with E-state index in [0.29, 0.717) is 5.56 Å². The van der Waals surface area contributed by atoms with Crippen molar-refractivity contribution in [3.8, 4) is 22.8 Å². The summed E-state index contributed by atoms with van der Waals surface area (Å²) in [5, 5.41) is 6.08. The van der Waals surface area contributed by atoms with Gasteiger partial charge in [-0.05, 0) is 43.7 Å². The largest absolute Gasteiger partial charge is 0.441 e. The summed E-state index contributed by atoms with van der Waals surface area (Å²) in [6.07, 6.45) is -1.39. The number of carbonyl (C=O) groups is 2. The molecular weight excluding hydrogens is 425 g/mol. The van der Waals surface area contributed by atoms with Crippen molar-refractivity contribution in [3.63, 3.8) is 0 Å². The molecule has 4 rings (SSSR count). The summed E-state index contributed by atoms with van der Waals surface area (Å²) in [6.45, 7) is 3.68. The number of ether oxygens (including phenoxy) is 1. The molecule has 33 heavy (non-hydrogen) atoms. The first-order chi connectivity index (χ1) is 15.9. The van der Waals surface area contributed by atoms with Crippen LogP contribution in [0.1, 0.15) is 34.5 Å². The Morgan fingerprint density at radius 1 is 1.03 bits per heavy atom. The molecule has 0 aliphatic carbocycles. The Kier molecular flexibility index (Phi) is 6.26. The van der Waals surface area contributed by atoms with E-state index in [1.54, 1.807) is 31.2 Å². The molecule has 166 valence electrons. The Hall–Kier alpha value is -4.33. The molecule has 0 saturated carbocycles. The molecule has 2 amide bonds. The standard InChI is InChI=1S/C25H20FN3O4/c1-15-10-12-17(13-11-15)16(2)32-25(31)28-23(30)19-7-5-6-18(14-19)22-27-24(33-29-22)20-8-3-4-9-21(20)26/h3-14,16H,1-2H3,(H,28,30,31). The third-order valence-corrected chi connectivity index (χ3v) is 4.96. The van der Waals surface area contributed by atoms with Crippen LogP contribution in [0.4, 0.5) is 9.18 Å². The lowest BCUT2D eigenvalue weighted by Crippen LogP contribution is -2.31. The zero-order chi connectivity index (χ0) is 23.4. The molecule has 1 aromatic heterocycles. The molecule has 0 fully saturated rings. The summed E-state index contributed by atoms with van der Waals surface area (Å²) in [7, 11) is 0. The van der Waals surface area contributed by atoms with Gasteiger partial charge in [0, 0.05) is 11.1 Å². The number of alkyl carbamates (subject to hydrolysis) is 1. The van der Waals surface area contributed by atoms with E-state index in [4.69, 9.17) is 9.26 Å². The number of amides is 2. The van der Waals surface area contributed by atoms with Gasteiger partial charge < -0.3 is 9.26 Å². The van der Waals surface area contributed by atoms with E-state index in [-0.39, 0.29) is 22.8 Å².